The van der Waals surface area contributed by atoms with Crippen LogP contribution in [-0.4, -0.2) is 311 Å². The molecule has 5 aliphatic rings. The average Bonchev–Trinajstić information content (AvgIpc) is 1.58. The summed E-state index contributed by atoms with van der Waals surface area (Å²) in [6, 6.07) is -5.89. The summed E-state index contributed by atoms with van der Waals surface area (Å²) in [5.74, 6) is -4.43. The van der Waals surface area contributed by atoms with Crippen LogP contribution >= 0.6 is 33.7 Å². The van der Waals surface area contributed by atoms with Crippen LogP contribution in [0.1, 0.15) is 213 Å². The number of esters is 5. The fourth-order valence-electron chi connectivity index (χ4n) is 11.2. The van der Waals surface area contributed by atoms with Gasteiger partial charge < -0.3 is 116 Å². The Morgan fingerprint density at radius 3 is 1.22 bits per heavy atom. The Balaban J connectivity index is -0.000000383. The number of rotatable bonds is 45. The number of carbonyl (C=O) groups is 13. The number of aromatic nitrogens is 2. The number of hydrogen-bond acceptors (Lipinski definition) is 25. The topological polar surface area (TPSA) is 532 Å². The number of aliphatic hydroxyl groups excluding tert-OH is 1. The normalized spacial score (nSPS) is 18.5. The molecule has 2 saturated carbocycles. The third-order valence-electron chi connectivity index (χ3n) is 23.8. The molecule has 0 radical (unpaired) electrons. The predicted molar refractivity (Wildman–Crippen MR) is 562 cm³/mol. The largest absolute Gasteiger partial charge is 1.00 e. The van der Waals surface area contributed by atoms with Gasteiger partial charge in [-0.1, -0.05) is 142 Å². The molecule has 38 nitrogen and oxygen atoms in total. The van der Waals surface area contributed by atoms with Crippen molar-refractivity contribution in [1.82, 2.24) is 61.1 Å². The number of aliphatic carboxylic acids is 2. The van der Waals surface area contributed by atoms with Crippen LogP contribution in [-0.2, 0) is 70.9 Å². The summed E-state index contributed by atoms with van der Waals surface area (Å²) in [6.07, 6.45) is 29.6. The number of carboxylic acid groups (broad SMARTS) is 2. The van der Waals surface area contributed by atoms with E-state index in [1.54, 1.807) is 64.0 Å². The van der Waals surface area contributed by atoms with Gasteiger partial charge in [0.2, 0.25) is 5.91 Å². The molecule has 140 heavy (non-hydrogen) atoms. The van der Waals surface area contributed by atoms with Gasteiger partial charge in [-0.15, -0.1) is 39.5 Å². The van der Waals surface area contributed by atoms with Gasteiger partial charge in [0.05, 0.1) is 33.0 Å². The first kappa shape index (κ1) is 141. The van der Waals surface area contributed by atoms with Gasteiger partial charge in [0.1, 0.15) is 53.7 Å². The zero-order valence-corrected chi connectivity index (χ0v) is 95.4. The predicted octanol–water partition coefficient (Wildman–Crippen LogP) is 11.6. The number of allylic oxidation sites excluding steroid dienone is 4. The fraction of sp³-hybridized carbons (Fsp3) is 0.708. The summed E-state index contributed by atoms with van der Waals surface area (Å²) < 4.78 is 43.7. The number of unbranched alkanes of at least 4 members (excludes halogenated alkanes) is 8. The van der Waals surface area contributed by atoms with Crippen molar-refractivity contribution in [2.75, 3.05) is 112 Å². The molecule has 0 unspecified atom stereocenters. The number of nitrogens with zero attached hydrogens (tertiary/aromatic N) is 6. The summed E-state index contributed by atoms with van der Waals surface area (Å²) in [5.41, 5.74) is 9.02. The maximum atomic E-state index is 13.3. The number of halogens is 2. The summed E-state index contributed by atoms with van der Waals surface area (Å²) in [6.45, 7) is 62.5. The molecule has 3 saturated heterocycles. The summed E-state index contributed by atoms with van der Waals surface area (Å²) in [4.78, 5) is 162. The van der Waals surface area contributed by atoms with E-state index in [-0.39, 0.29) is 144 Å². The number of cyclic esters (lactones) is 3. The van der Waals surface area contributed by atoms with Crippen molar-refractivity contribution in [1.29, 1.82) is 0 Å². The van der Waals surface area contributed by atoms with Gasteiger partial charge in [-0.25, -0.2) is 52.9 Å². The zero-order chi connectivity index (χ0) is 107. The maximum absolute atomic E-state index is 13.3. The van der Waals surface area contributed by atoms with Crippen molar-refractivity contribution in [2.24, 2.45) is 23.3 Å². The first-order chi connectivity index (χ1) is 64.2. The molecule has 6 rings (SSSR count). The van der Waals surface area contributed by atoms with E-state index >= 15 is 0 Å². The number of carboxylic acids is 2. The molecular weight excluding hydrogens is 2000 g/mol. The van der Waals surface area contributed by atoms with Crippen molar-refractivity contribution in [3.8, 4) is 0 Å². The minimum atomic E-state index is -2.02. The van der Waals surface area contributed by atoms with Crippen LogP contribution < -0.4 is 72.9 Å². The molecule has 0 bridgehead atoms. The molecule has 3 aliphatic heterocycles. The van der Waals surface area contributed by atoms with Crippen molar-refractivity contribution < 1.29 is 147 Å². The van der Waals surface area contributed by atoms with Crippen LogP contribution in [0.5, 0.6) is 0 Å². The van der Waals surface area contributed by atoms with Gasteiger partial charge in [0, 0.05) is 132 Å². The van der Waals surface area contributed by atoms with Gasteiger partial charge >= 0.3 is 101 Å². The molecule has 0 aromatic carbocycles. The second kappa shape index (κ2) is 74.3. The standard InChI is InChI=1S/C26H47N3O5Si.C18H36N2O4Si.C12H22N2O4.C12H20N2O3.C8H9N3O3.C8H13NO2.C6H15ClSi.C4H7NO2.CH3I.CH4.Na.H2O/c1-10-13-14-15-17-29(7)24(32)27-21(16-18-34-35(8,9)25(4,5)6)22(30)28-26(19-20(26)11-2)23(31)33-12-3;1-8-9-10-11-13-20(5)17(23)19-15(16(21)22)12-14-24-25(6,7)18(2,3)4;1-3-4-5-6-8-14(2)12(18)13-10(7-9-15)11(16)17;1-3-4-5-6-8-14(2)12(16)13-10-7-9-17-11(10)15;12-7-6(1-4-14-7)10-8(13)11-3-2-9-5-11;1-3-6-5-8(6,9)7(10)11-4-2;1-6(2,3)8(4,5)7;5-3-1-2-7-4(3)6;1-2;;;/h10-11,20-21H,1-2,12-19H2,3-9H3,(H,27,32)(H,28,30);8,15H,1,9-14H2,2-7H3,(H,19,23)(H,21,22);3,10,15H,1,4-9H2,2H3,(H,13,18)(H,16,17);3,10H,1,4-9H2,2H3,(H,13,16);2-3,5-6H,1,4H2,(H,10,13);3,6H,1,4-5,9H2,2H3;1-5H3;3H,1-2,5H2;1H3;1H4;;1H2/q;;;;;;;;;;+1;/p-1/t20-,21+,26-;15-;2*10-;6-;6-,8-;;3-;;;;/m100001.0..../s1/i;;;;;;;;1D;;;. The monoisotopic (exact) mass is 2180 g/mol. The number of nitrogens with two attached hydrogens (primary N) is 2. The number of alkyl halides is 1. The number of ether oxygens (including phenoxy) is 5. The van der Waals surface area contributed by atoms with Crippen molar-refractivity contribution in [3.05, 3.63) is 94.7 Å². The first-order valence-corrected chi connectivity index (χ1v) is 58.2. The number of hydrogen-bond donors (Lipinski definition) is 11. The third-order valence-corrected chi connectivity index (χ3v) is 38.2. The third kappa shape index (κ3) is 57.8. The number of nitrogens with one attached hydrogen (secondary N) is 6. The van der Waals surface area contributed by atoms with Gasteiger partial charge in [0.15, 0.2) is 24.0 Å². The van der Waals surface area contributed by atoms with Crippen LogP contribution in [0.2, 0.25) is 54.4 Å². The van der Waals surface area contributed by atoms with E-state index in [1.807, 2.05) is 46.9 Å². The summed E-state index contributed by atoms with van der Waals surface area (Å²) >= 11 is 8.10. The number of carbonyl (C=O) groups excluding carboxylic acids is 11. The van der Waals surface area contributed by atoms with Crippen molar-refractivity contribution in [2.45, 2.75) is 314 Å². The Hall–Kier alpha value is -7.61. The van der Waals surface area contributed by atoms with E-state index in [1.165, 1.54) is 33.1 Å². The smallest absolute Gasteiger partial charge is 0.870 e. The van der Waals surface area contributed by atoms with Crippen LogP contribution in [0.25, 0.3) is 0 Å². The van der Waals surface area contributed by atoms with E-state index in [0.29, 0.717) is 114 Å². The van der Waals surface area contributed by atoms with Gasteiger partial charge in [0.25, 0.3) is 0 Å². The van der Waals surface area contributed by atoms with E-state index in [9.17, 15) is 67.4 Å². The number of urea groups is 4. The van der Waals surface area contributed by atoms with Crippen molar-refractivity contribution >= 4 is 136 Å². The molecule has 5 fully saturated rings. The van der Waals surface area contributed by atoms with Crippen LogP contribution in [0.3, 0.4) is 0 Å². The average molecular weight is 2180 g/mol. The molecule has 1 aromatic rings. The Kier molecular flexibility index (Phi) is 74.7. The minimum Gasteiger partial charge on any atom is -0.870 e. The quantitative estimate of drug-likeness (QED) is 0.00422. The van der Waals surface area contributed by atoms with E-state index in [4.69, 9.17) is 61.9 Å². The second-order valence-electron chi connectivity index (χ2n) is 38.0. The number of imidazole rings is 1. The number of amides is 10. The molecule has 10 atom stereocenters. The van der Waals surface area contributed by atoms with Crippen molar-refractivity contribution in [3.63, 3.8) is 0 Å². The molecular formula is C96H177ClIN14NaO24Si3. The minimum absolute atomic E-state index is 0. The molecule has 2 aliphatic carbocycles. The first-order valence-electron chi connectivity index (χ1n) is 47.6. The summed E-state index contributed by atoms with van der Waals surface area (Å²) in [7, 11) is 1.39. The van der Waals surface area contributed by atoms with Gasteiger partial charge in [-0.3, -0.25) is 19.0 Å². The molecule has 4 heterocycles. The summed E-state index contributed by atoms with van der Waals surface area (Å²) in [5, 5.41) is 43.2. The van der Waals surface area contributed by atoms with Crippen LogP contribution in [0.4, 0.5) is 24.0 Å². The fourth-order valence-corrected chi connectivity index (χ4v) is 13.4. The molecule has 1 aromatic heterocycles. The van der Waals surface area contributed by atoms with Crippen LogP contribution in [0.15, 0.2) is 94.7 Å². The molecule has 44 heteroatoms. The van der Waals surface area contributed by atoms with E-state index < -0.39 is 95.2 Å². The van der Waals surface area contributed by atoms with Crippen LogP contribution in [0, 0.1) is 11.8 Å². The van der Waals surface area contributed by atoms with Gasteiger partial charge in [-0.05, 0) is 156 Å². The number of aliphatic hydroxyl groups is 1. The molecule has 0 spiro atoms. The Labute approximate surface area is 880 Å². The Morgan fingerprint density at radius 1 is 0.586 bits per heavy atom. The molecule has 14 N–H and O–H groups in total. The van der Waals surface area contributed by atoms with Gasteiger partial charge in [-0.2, -0.15) is 11.1 Å². The van der Waals surface area contributed by atoms with E-state index in [2.05, 4.69) is 183 Å². The Bertz CT molecular complexity index is 3890. The maximum Gasteiger partial charge on any atom is 1.00 e. The van der Waals surface area contributed by atoms with E-state index in [0.717, 1.165) is 77.0 Å². The zero-order valence-electron chi connectivity index (χ0n) is 88.4. The Morgan fingerprint density at radius 2 is 0.936 bits per heavy atom. The molecule has 802 valence electrons. The SMILES string of the molecule is C.C=CCCCCN(C)C(=O)N[C@@H](CCO)C(=O)O.C=CCCCCN(C)C(=O)N[C@@H](CCO[Si](C)(C)C(C)(C)C)C(=O)N[C@]1(C(=O)OCC)C[C@H]1C=C.C=CCCCCN(C)C(=O)N[C@@H](CCO[Si](C)(C)C(C)(C)C)C(=O)O.C=CCCCCN(C)C(=O)N[C@H]1CCOC1=O.C=C[C@@H]1C[C@]1(N)C(=O)OCC.CC(C)(C)[Si](C)(C)Cl.N[C@H]1CCOC1=O.O=C1OCC[C@@H]1NC(=O)n1ccnc1.[2H]CI.[Na+].[OH-]. The molecule has 10 amide bonds. The second-order valence-corrected chi connectivity index (χ2v) is 54.9.